The van der Waals surface area contributed by atoms with Gasteiger partial charge in [-0.15, -0.1) is 0 Å². The highest BCUT2D eigenvalue weighted by atomic mass is 16.3. The summed E-state index contributed by atoms with van der Waals surface area (Å²) in [6, 6.07) is 49.3. The van der Waals surface area contributed by atoms with Crippen molar-refractivity contribution in [1.82, 2.24) is 14.5 Å². The van der Waals surface area contributed by atoms with Crippen LogP contribution >= 0.6 is 0 Å². The molecule has 0 fully saturated rings. The topological polar surface area (TPSA) is 43.9 Å². The summed E-state index contributed by atoms with van der Waals surface area (Å²) < 4.78 is 8.75. The molecule has 3 aromatic heterocycles. The van der Waals surface area contributed by atoms with E-state index >= 15 is 0 Å². The van der Waals surface area contributed by atoms with Crippen molar-refractivity contribution in [2.75, 3.05) is 0 Å². The van der Waals surface area contributed by atoms with Crippen LogP contribution in [0.1, 0.15) is 25.0 Å². The van der Waals surface area contributed by atoms with Crippen molar-refractivity contribution in [3.63, 3.8) is 0 Å². The number of hydrogen-bond donors (Lipinski definition) is 0. The number of furan rings is 1. The number of fused-ring (bicyclic) bond motifs is 10. The molecule has 0 unspecified atom stereocenters. The molecule has 0 N–H and O–H groups in total. The Hall–Kier alpha value is -6.00. The average Bonchev–Trinajstić information content (AvgIpc) is 3.74. The largest absolute Gasteiger partial charge is 0.438 e. The molecule has 0 amide bonds. The van der Waals surface area contributed by atoms with Crippen LogP contribution < -0.4 is 0 Å². The fourth-order valence-corrected chi connectivity index (χ4v) is 7.90. The fourth-order valence-electron chi connectivity index (χ4n) is 7.90. The molecule has 4 nitrogen and oxygen atoms in total. The van der Waals surface area contributed by atoms with E-state index in [1.807, 2.05) is 48.5 Å². The standard InChI is InChI=1S/C43H29N3O/c1-43(2)34-17-9-6-14-29(34)31-24-25-32-30-15-7-10-18-35(30)46(40(32)38(31)43)28-22-20-26(21-23-28)39-37-33-16-8-11-19-36(33)47-42(37)45-41(44-39)27-12-4-3-5-13-27/h3-25H,1-2H3. The second-order valence-corrected chi connectivity index (χ2v) is 13.0. The molecule has 0 spiro atoms. The lowest BCUT2D eigenvalue weighted by atomic mass is 9.81. The van der Waals surface area contributed by atoms with Gasteiger partial charge in [0.15, 0.2) is 5.82 Å². The molecule has 3 heterocycles. The van der Waals surface area contributed by atoms with Crippen molar-refractivity contribution < 1.29 is 4.42 Å². The van der Waals surface area contributed by atoms with E-state index in [1.54, 1.807) is 0 Å². The van der Waals surface area contributed by atoms with Crippen LogP contribution in [0.4, 0.5) is 0 Å². The Balaban J connectivity index is 1.22. The minimum Gasteiger partial charge on any atom is -0.438 e. The predicted octanol–water partition coefficient (Wildman–Crippen LogP) is 11.1. The summed E-state index contributed by atoms with van der Waals surface area (Å²) in [6.07, 6.45) is 0. The van der Waals surface area contributed by atoms with Gasteiger partial charge in [0.25, 0.3) is 0 Å². The Kier molecular flexibility index (Phi) is 5.31. The van der Waals surface area contributed by atoms with Crippen LogP contribution in [0.25, 0.3) is 83.3 Å². The lowest BCUT2D eigenvalue weighted by molar-refractivity contribution is 0.653. The molecule has 0 radical (unpaired) electrons. The molecule has 4 heteroatoms. The van der Waals surface area contributed by atoms with Crippen molar-refractivity contribution in [2.45, 2.75) is 19.3 Å². The molecule has 0 bridgehead atoms. The second kappa shape index (κ2) is 9.51. The maximum Gasteiger partial charge on any atom is 0.231 e. The number of hydrogen-bond acceptors (Lipinski definition) is 3. The van der Waals surface area contributed by atoms with Gasteiger partial charge in [-0.25, -0.2) is 4.98 Å². The molecule has 47 heavy (non-hydrogen) atoms. The van der Waals surface area contributed by atoms with E-state index in [9.17, 15) is 0 Å². The maximum absolute atomic E-state index is 6.29. The van der Waals surface area contributed by atoms with Crippen LogP contribution in [-0.4, -0.2) is 14.5 Å². The third-order valence-electron chi connectivity index (χ3n) is 10.0. The summed E-state index contributed by atoms with van der Waals surface area (Å²) in [7, 11) is 0. The lowest BCUT2D eigenvalue weighted by Gasteiger charge is -2.23. The Labute approximate surface area is 271 Å². The molecule has 0 saturated carbocycles. The predicted molar refractivity (Wildman–Crippen MR) is 192 cm³/mol. The Morgan fingerprint density at radius 3 is 2.15 bits per heavy atom. The lowest BCUT2D eigenvalue weighted by Crippen LogP contribution is -2.16. The summed E-state index contributed by atoms with van der Waals surface area (Å²) in [5, 5.41) is 4.48. The average molecular weight is 604 g/mol. The number of para-hydroxylation sites is 2. The van der Waals surface area contributed by atoms with Crippen LogP contribution in [0.3, 0.4) is 0 Å². The van der Waals surface area contributed by atoms with E-state index in [0.29, 0.717) is 11.5 Å². The minimum atomic E-state index is -0.139. The summed E-state index contributed by atoms with van der Waals surface area (Å²) in [5.41, 5.74) is 13.1. The molecule has 0 aliphatic heterocycles. The quantitative estimate of drug-likeness (QED) is 0.202. The van der Waals surface area contributed by atoms with Gasteiger partial charge in [0.05, 0.1) is 22.1 Å². The van der Waals surface area contributed by atoms with E-state index in [-0.39, 0.29) is 5.41 Å². The first kappa shape index (κ1) is 26.2. The number of rotatable bonds is 3. The molecule has 9 aromatic rings. The zero-order valence-electron chi connectivity index (χ0n) is 26.0. The first-order valence-corrected chi connectivity index (χ1v) is 16.1. The van der Waals surface area contributed by atoms with Gasteiger partial charge in [0.1, 0.15) is 5.58 Å². The highest BCUT2D eigenvalue weighted by Gasteiger charge is 2.38. The van der Waals surface area contributed by atoms with Gasteiger partial charge >= 0.3 is 0 Å². The van der Waals surface area contributed by atoms with Gasteiger partial charge in [-0.05, 0) is 46.5 Å². The summed E-state index contributed by atoms with van der Waals surface area (Å²) in [6.45, 7) is 4.73. The highest BCUT2D eigenvalue weighted by molar-refractivity contribution is 6.13. The van der Waals surface area contributed by atoms with Crippen LogP contribution in [0.15, 0.2) is 144 Å². The van der Waals surface area contributed by atoms with Crippen molar-refractivity contribution in [2.24, 2.45) is 0 Å². The minimum absolute atomic E-state index is 0.139. The zero-order valence-corrected chi connectivity index (χ0v) is 26.0. The number of benzene rings is 6. The second-order valence-electron chi connectivity index (χ2n) is 13.0. The molecular formula is C43H29N3O. The fraction of sp³-hybridized carbons (Fsp3) is 0.0698. The SMILES string of the molecule is CC1(C)c2ccccc2-c2ccc3c4ccccc4n(-c4ccc(-c5nc(-c6ccccc6)nc6oc7ccccc7c56)cc4)c3c21. The van der Waals surface area contributed by atoms with E-state index in [0.717, 1.165) is 38.9 Å². The van der Waals surface area contributed by atoms with E-state index < -0.39 is 0 Å². The highest BCUT2D eigenvalue weighted by Crippen LogP contribution is 2.53. The number of aromatic nitrogens is 3. The van der Waals surface area contributed by atoms with Crippen molar-refractivity contribution in [3.8, 4) is 39.5 Å². The van der Waals surface area contributed by atoms with Crippen LogP contribution in [0.5, 0.6) is 0 Å². The molecule has 10 rings (SSSR count). The van der Waals surface area contributed by atoms with E-state index in [4.69, 9.17) is 14.4 Å². The first-order chi connectivity index (χ1) is 23.1. The van der Waals surface area contributed by atoms with Crippen LogP contribution in [0.2, 0.25) is 0 Å². The third-order valence-corrected chi connectivity index (χ3v) is 10.0. The normalized spacial score (nSPS) is 13.5. The van der Waals surface area contributed by atoms with E-state index in [2.05, 4.69) is 109 Å². The smallest absolute Gasteiger partial charge is 0.231 e. The van der Waals surface area contributed by atoms with Gasteiger partial charge < -0.3 is 8.98 Å². The van der Waals surface area contributed by atoms with Gasteiger partial charge in [-0.3, -0.25) is 0 Å². The zero-order chi connectivity index (χ0) is 31.3. The van der Waals surface area contributed by atoms with E-state index in [1.165, 1.54) is 44.1 Å². The van der Waals surface area contributed by atoms with Gasteiger partial charge in [-0.2, -0.15) is 4.98 Å². The maximum atomic E-state index is 6.29. The Bertz CT molecular complexity index is 2700. The summed E-state index contributed by atoms with van der Waals surface area (Å²) in [4.78, 5) is 10.0. The summed E-state index contributed by atoms with van der Waals surface area (Å²) >= 11 is 0. The summed E-state index contributed by atoms with van der Waals surface area (Å²) in [5.74, 6) is 0.649. The first-order valence-electron chi connectivity index (χ1n) is 16.1. The Morgan fingerprint density at radius 2 is 1.30 bits per heavy atom. The number of nitrogens with zero attached hydrogens (tertiary/aromatic N) is 3. The molecule has 222 valence electrons. The van der Waals surface area contributed by atoms with Crippen molar-refractivity contribution in [1.29, 1.82) is 0 Å². The molecule has 0 saturated heterocycles. The molecule has 1 aliphatic rings. The molecule has 0 atom stereocenters. The van der Waals surface area contributed by atoms with Crippen LogP contribution in [-0.2, 0) is 5.41 Å². The monoisotopic (exact) mass is 603 g/mol. The van der Waals surface area contributed by atoms with Crippen LogP contribution in [0, 0.1) is 0 Å². The van der Waals surface area contributed by atoms with Gasteiger partial charge in [-0.1, -0.05) is 129 Å². The molecule has 1 aliphatic carbocycles. The van der Waals surface area contributed by atoms with Gasteiger partial charge in [0, 0.05) is 38.4 Å². The third kappa shape index (κ3) is 3.64. The van der Waals surface area contributed by atoms with Gasteiger partial charge in [0.2, 0.25) is 5.71 Å². The van der Waals surface area contributed by atoms with Crippen molar-refractivity contribution in [3.05, 3.63) is 151 Å². The van der Waals surface area contributed by atoms with Crippen molar-refractivity contribution >= 4 is 43.9 Å². The molecule has 6 aromatic carbocycles. The molecular weight excluding hydrogens is 574 g/mol. The Morgan fingerprint density at radius 1 is 0.574 bits per heavy atom.